The van der Waals surface area contributed by atoms with Gasteiger partial charge in [-0.25, -0.2) is 15.0 Å². The molecule has 29 heavy (non-hydrogen) atoms. The van der Waals surface area contributed by atoms with Gasteiger partial charge in [0.2, 0.25) is 0 Å². The van der Waals surface area contributed by atoms with E-state index in [4.69, 9.17) is 4.98 Å². The van der Waals surface area contributed by atoms with E-state index in [0.29, 0.717) is 17.2 Å². The number of hydrogen-bond acceptors (Lipinski definition) is 6. The van der Waals surface area contributed by atoms with Crippen molar-refractivity contribution in [3.05, 3.63) is 65.9 Å². The van der Waals surface area contributed by atoms with Crippen LogP contribution in [0.4, 0.5) is 0 Å². The van der Waals surface area contributed by atoms with E-state index in [9.17, 15) is 0 Å². The molecule has 6 aromatic heterocycles. The predicted octanol–water partition coefficient (Wildman–Crippen LogP) is 4.69. The molecule has 0 atom stereocenters. The van der Waals surface area contributed by atoms with Crippen molar-refractivity contribution < 1.29 is 0 Å². The Balaban J connectivity index is 1.53. The number of rotatable bonds is 3. The maximum absolute atomic E-state index is 4.83. The van der Waals surface area contributed by atoms with Gasteiger partial charge >= 0.3 is 0 Å². The van der Waals surface area contributed by atoms with Gasteiger partial charge in [-0.05, 0) is 40.6 Å². The van der Waals surface area contributed by atoms with Crippen LogP contribution in [0.25, 0.3) is 56.0 Å². The number of thiophene rings is 1. The number of hydrogen-bond donors (Lipinski definition) is 2. The third kappa shape index (κ3) is 2.61. The van der Waals surface area contributed by atoms with Crippen molar-refractivity contribution in [1.82, 2.24) is 35.1 Å². The van der Waals surface area contributed by atoms with E-state index in [-0.39, 0.29) is 0 Å². The number of pyridine rings is 3. The van der Waals surface area contributed by atoms with Crippen LogP contribution in [0.3, 0.4) is 0 Å². The minimum Gasteiger partial charge on any atom is -0.321 e. The lowest BCUT2D eigenvalue weighted by molar-refractivity contribution is 1.09. The third-order valence-electron chi connectivity index (χ3n) is 4.85. The van der Waals surface area contributed by atoms with Gasteiger partial charge in [0.1, 0.15) is 11.2 Å². The van der Waals surface area contributed by atoms with Crippen molar-refractivity contribution in [1.29, 1.82) is 0 Å². The SMILES string of the molecule is c1cncc(-c2cnc3[nH]nc(-c4nc5c(-c6ccsc6)ccnc5[nH]4)c3c2)c1. The number of fused-ring (bicyclic) bond motifs is 2. The first-order chi connectivity index (χ1) is 14.4. The van der Waals surface area contributed by atoms with E-state index in [0.717, 1.165) is 38.8 Å². The first kappa shape index (κ1) is 16.1. The molecule has 6 heterocycles. The standard InChI is InChI=1S/C21H13N7S/c1-2-12(9-22-5-1)14-8-16-18(27-28-19(16)24-10-14)21-25-17-15(13-4-7-29-11-13)3-6-23-20(17)26-21/h1-11H,(H,23,25,26)(H,24,27,28). The first-order valence-electron chi connectivity index (χ1n) is 8.99. The fourth-order valence-electron chi connectivity index (χ4n) is 3.45. The maximum Gasteiger partial charge on any atom is 0.161 e. The molecule has 138 valence electrons. The van der Waals surface area contributed by atoms with E-state index in [1.54, 1.807) is 23.7 Å². The van der Waals surface area contributed by atoms with Gasteiger partial charge in [-0.1, -0.05) is 6.07 Å². The van der Waals surface area contributed by atoms with Crippen LogP contribution < -0.4 is 0 Å². The molecule has 0 aromatic carbocycles. The van der Waals surface area contributed by atoms with E-state index in [2.05, 4.69) is 53.0 Å². The van der Waals surface area contributed by atoms with Crippen molar-refractivity contribution in [3.63, 3.8) is 0 Å². The van der Waals surface area contributed by atoms with Crippen LogP contribution in [0.2, 0.25) is 0 Å². The first-order valence-corrected chi connectivity index (χ1v) is 9.93. The largest absolute Gasteiger partial charge is 0.321 e. The van der Waals surface area contributed by atoms with E-state index in [1.165, 1.54) is 0 Å². The lowest BCUT2D eigenvalue weighted by atomic mass is 10.1. The number of imidazole rings is 1. The lowest BCUT2D eigenvalue weighted by Crippen LogP contribution is -1.84. The van der Waals surface area contributed by atoms with Crippen LogP contribution in [0, 0.1) is 0 Å². The monoisotopic (exact) mass is 395 g/mol. The highest BCUT2D eigenvalue weighted by atomic mass is 32.1. The molecular formula is C21H13N7S. The number of nitrogens with zero attached hydrogens (tertiary/aromatic N) is 5. The number of aromatic nitrogens is 7. The summed E-state index contributed by atoms with van der Waals surface area (Å²) in [5.41, 5.74) is 7.14. The van der Waals surface area contributed by atoms with Crippen molar-refractivity contribution in [2.75, 3.05) is 0 Å². The maximum atomic E-state index is 4.83. The second-order valence-corrected chi connectivity index (χ2v) is 7.37. The van der Waals surface area contributed by atoms with Crippen LogP contribution in [0.5, 0.6) is 0 Å². The lowest BCUT2D eigenvalue weighted by Gasteiger charge is -2.00. The Bertz CT molecular complexity index is 1450. The summed E-state index contributed by atoms with van der Waals surface area (Å²) in [5.74, 6) is 0.659. The van der Waals surface area contributed by atoms with Crippen molar-refractivity contribution in [2.45, 2.75) is 0 Å². The molecule has 0 unspecified atom stereocenters. The van der Waals surface area contributed by atoms with Crippen molar-refractivity contribution in [3.8, 4) is 33.8 Å². The summed E-state index contributed by atoms with van der Waals surface area (Å²) in [6.45, 7) is 0. The summed E-state index contributed by atoms with van der Waals surface area (Å²) < 4.78 is 0. The van der Waals surface area contributed by atoms with Gasteiger partial charge in [-0.15, -0.1) is 0 Å². The Morgan fingerprint density at radius 3 is 2.76 bits per heavy atom. The molecule has 0 aliphatic carbocycles. The van der Waals surface area contributed by atoms with Gasteiger partial charge in [0.05, 0.1) is 5.39 Å². The molecular weight excluding hydrogens is 382 g/mol. The molecule has 0 bridgehead atoms. The van der Waals surface area contributed by atoms with Gasteiger partial charge in [0.15, 0.2) is 17.1 Å². The molecule has 0 spiro atoms. The summed E-state index contributed by atoms with van der Waals surface area (Å²) in [5, 5.41) is 12.5. The Hall–Kier alpha value is -3.91. The zero-order valence-electron chi connectivity index (χ0n) is 15.0. The van der Waals surface area contributed by atoms with Crippen LogP contribution >= 0.6 is 11.3 Å². The van der Waals surface area contributed by atoms with E-state index < -0.39 is 0 Å². The molecule has 8 heteroatoms. The van der Waals surface area contributed by atoms with Gasteiger partial charge in [0, 0.05) is 41.5 Å². The predicted molar refractivity (Wildman–Crippen MR) is 113 cm³/mol. The second kappa shape index (κ2) is 6.32. The van der Waals surface area contributed by atoms with Crippen LogP contribution in [0.1, 0.15) is 0 Å². The highest BCUT2D eigenvalue weighted by Crippen LogP contribution is 2.32. The van der Waals surface area contributed by atoms with E-state index in [1.807, 2.05) is 30.6 Å². The average molecular weight is 395 g/mol. The van der Waals surface area contributed by atoms with Crippen molar-refractivity contribution in [2.24, 2.45) is 0 Å². The van der Waals surface area contributed by atoms with Gasteiger partial charge in [-0.2, -0.15) is 16.4 Å². The Morgan fingerprint density at radius 2 is 1.90 bits per heavy atom. The highest BCUT2D eigenvalue weighted by molar-refractivity contribution is 7.08. The van der Waals surface area contributed by atoms with Crippen LogP contribution in [-0.4, -0.2) is 35.1 Å². The van der Waals surface area contributed by atoms with E-state index >= 15 is 0 Å². The summed E-state index contributed by atoms with van der Waals surface area (Å²) in [6, 6.07) is 10.0. The molecule has 0 aliphatic rings. The quantitative estimate of drug-likeness (QED) is 0.453. The Kier molecular flexibility index (Phi) is 3.50. The van der Waals surface area contributed by atoms with Gasteiger partial charge < -0.3 is 4.98 Å². The zero-order chi connectivity index (χ0) is 19.2. The van der Waals surface area contributed by atoms with Gasteiger partial charge in [-0.3, -0.25) is 10.1 Å². The van der Waals surface area contributed by atoms with Crippen molar-refractivity contribution >= 4 is 33.5 Å². The average Bonchev–Trinajstić information content (AvgIpc) is 3.52. The molecule has 6 rings (SSSR count). The smallest absolute Gasteiger partial charge is 0.161 e. The summed E-state index contributed by atoms with van der Waals surface area (Å²) >= 11 is 1.66. The molecule has 0 fully saturated rings. The molecule has 0 amide bonds. The highest BCUT2D eigenvalue weighted by Gasteiger charge is 2.17. The fraction of sp³-hybridized carbons (Fsp3) is 0. The molecule has 7 nitrogen and oxygen atoms in total. The normalized spacial score (nSPS) is 11.4. The topological polar surface area (TPSA) is 96.0 Å². The second-order valence-electron chi connectivity index (χ2n) is 6.59. The Morgan fingerprint density at radius 1 is 0.897 bits per heavy atom. The molecule has 6 aromatic rings. The number of aromatic amines is 2. The van der Waals surface area contributed by atoms with Gasteiger partial charge in [0.25, 0.3) is 0 Å². The molecule has 0 saturated carbocycles. The zero-order valence-corrected chi connectivity index (χ0v) is 15.8. The minimum atomic E-state index is 0.659. The molecule has 2 N–H and O–H groups in total. The fourth-order valence-corrected chi connectivity index (χ4v) is 4.10. The van der Waals surface area contributed by atoms with Crippen LogP contribution in [-0.2, 0) is 0 Å². The molecule has 0 saturated heterocycles. The third-order valence-corrected chi connectivity index (χ3v) is 5.54. The molecule has 0 radical (unpaired) electrons. The minimum absolute atomic E-state index is 0.659. The van der Waals surface area contributed by atoms with Crippen LogP contribution in [0.15, 0.2) is 65.9 Å². The number of H-pyrrole nitrogens is 2. The molecule has 0 aliphatic heterocycles. The summed E-state index contributed by atoms with van der Waals surface area (Å²) in [4.78, 5) is 21.3. The summed E-state index contributed by atoms with van der Waals surface area (Å²) in [6.07, 6.45) is 7.18. The Labute approximate surface area is 168 Å². The number of nitrogens with one attached hydrogen (secondary N) is 2. The summed E-state index contributed by atoms with van der Waals surface area (Å²) in [7, 11) is 0.